The van der Waals surface area contributed by atoms with Gasteiger partial charge in [-0.2, -0.15) is 0 Å². The van der Waals surface area contributed by atoms with Gasteiger partial charge in [-0.3, -0.25) is 0 Å². The van der Waals surface area contributed by atoms with Gasteiger partial charge in [-0.15, -0.1) is 0 Å². The van der Waals surface area contributed by atoms with E-state index >= 15 is 0 Å². The molecule has 18 heavy (non-hydrogen) atoms. The topological polar surface area (TPSA) is 3.24 Å². The Bertz CT molecular complexity index is 346. The summed E-state index contributed by atoms with van der Waals surface area (Å²) in [4.78, 5) is 2.45. The highest BCUT2D eigenvalue weighted by Gasteiger charge is 2.13. The molecule has 0 radical (unpaired) electrons. The van der Waals surface area contributed by atoms with Crippen molar-refractivity contribution in [3.8, 4) is 0 Å². The molecule has 0 spiro atoms. The molecule has 0 amide bonds. The van der Waals surface area contributed by atoms with Gasteiger partial charge in [0.2, 0.25) is 0 Å². The van der Waals surface area contributed by atoms with Crippen molar-refractivity contribution >= 4 is 33.2 Å². The maximum Gasteiger partial charge on any atom is 0.0642 e. The second-order valence-electron chi connectivity index (χ2n) is 4.58. The fourth-order valence-corrected chi connectivity index (χ4v) is 2.82. The van der Waals surface area contributed by atoms with E-state index in [0.717, 1.165) is 23.4 Å². The molecule has 1 aromatic carbocycles. The number of hydrogen-bond donors (Lipinski definition) is 0. The molecule has 0 fully saturated rings. The lowest BCUT2D eigenvalue weighted by atomic mass is 10.1. The lowest BCUT2D eigenvalue weighted by Gasteiger charge is -2.27. The van der Waals surface area contributed by atoms with Crippen molar-refractivity contribution in [2.24, 2.45) is 0 Å². The maximum absolute atomic E-state index is 6.40. The molecular weight excluding hydrogens is 310 g/mol. The van der Waals surface area contributed by atoms with Gasteiger partial charge >= 0.3 is 0 Å². The first-order chi connectivity index (χ1) is 8.74. The third kappa shape index (κ3) is 4.47. The zero-order valence-corrected chi connectivity index (χ0v) is 13.7. The fourth-order valence-electron chi connectivity index (χ4n) is 2.06. The largest absolute Gasteiger partial charge is 0.370 e. The highest BCUT2D eigenvalue weighted by molar-refractivity contribution is 9.08. The Morgan fingerprint density at radius 1 is 1.11 bits per heavy atom. The first kappa shape index (κ1) is 15.8. The Hall–Kier alpha value is -0.210. The summed E-state index contributed by atoms with van der Waals surface area (Å²) in [6, 6.07) is 6.18. The second kappa shape index (κ2) is 8.82. The van der Waals surface area contributed by atoms with Crippen LogP contribution in [-0.2, 0) is 5.33 Å². The summed E-state index contributed by atoms with van der Waals surface area (Å²) < 4.78 is 0. The van der Waals surface area contributed by atoms with Crippen LogP contribution in [-0.4, -0.2) is 13.1 Å². The van der Waals surface area contributed by atoms with Gasteiger partial charge in [-0.1, -0.05) is 66.4 Å². The molecule has 0 saturated heterocycles. The number of hydrogen-bond acceptors (Lipinski definition) is 1. The lowest BCUT2D eigenvalue weighted by molar-refractivity contribution is 0.676. The number of rotatable bonds is 8. The molecule has 0 unspecified atom stereocenters. The van der Waals surface area contributed by atoms with Gasteiger partial charge in [0.25, 0.3) is 0 Å². The zero-order valence-electron chi connectivity index (χ0n) is 11.4. The molecular formula is C15H23BrClN. The minimum atomic E-state index is 0.859. The number of alkyl halides is 1. The molecule has 0 N–H and O–H groups in total. The number of nitrogens with zero attached hydrogens (tertiary/aromatic N) is 1. The van der Waals surface area contributed by atoms with E-state index in [2.05, 4.69) is 40.7 Å². The highest BCUT2D eigenvalue weighted by Crippen LogP contribution is 2.31. The van der Waals surface area contributed by atoms with Crippen LogP contribution < -0.4 is 4.90 Å². The van der Waals surface area contributed by atoms with Crippen molar-refractivity contribution in [2.45, 2.75) is 44.9 Å². The first-order valence-electron chi connectivity index (χ1n) is 6.82. The molecule has 0 atom stereocenters. The normalized spacial score (nSPS) is 10.7. The van der Waals surface area contributed by atoms with Crippen molar-refractivity contribution < 1.29 is 0 Å². The molecule has 102 valence electrons. The Kier molecular flexibility index (Phi) is 7.76. The molecule has 0 aliphatic carbocycles. The summed E-state index contributed by atoms with van der Waals surface area (Å²) in [6.45, 7) is 6.66. The molecule has 1 rings (SSSR count). The van der Waals surface area contributed by atoms with Crippen molar-refractivity contribution in [3.05, 3.63) is 28.8 Å². The quantitative estimate of drug-likeness (QED) is 0.557. The van der Waals surface area contributed by atoms with Crippen molar-refractivity contribution in [3.63, 3.8) is 0 Å². The molecule has 0 aliphatic rings. The van der Waals surface area contributed by atoms with Gasteiger partial charge in [0, 0.05) is 18.4 Å². The first-order valence-corrected chi connectivity index (χ1v) is 8.32. The Morgan fingerprint density at radius 3 is 2.22 bits per heavy atom. The number of para-hydroxylation sites is 1. The summed E-state index contributed by atoms with van der Waals surface area (Å²) in [5, 5.41) is 1.73. The maximum atomic E-state index is 6.40. The molecule has 0 saturated carbocycles. The van der Waals surface area contributed by atoms with Crippen molar-refractivity contribution in [1.82, 2.24) is 0 Å². The number of unbranched alkanes of at least 4 members (excludes halogenated alkanes) is 2. The Morgan fingerprint density at radius 2 is 1.72 bits per heavy atom. The summed E-state index contributed by atoms with van der Waals surface area (Å²) >= 11 is 9.96. The lowest BCUT2D eigenvalue weighted by Crippen LogP contribution is -2.26. The van der Waals surface area contributed by atoms with Crippen molar-refractivity contribution in [1.29, 1.82) is 0 Å². The zero-order chi connectivity index (χ0) is 13.4. The summed E-state index contributed by atoms with van der Waals surface area (Å²) in [7, 11) is 0. The third-order valence-electron chi connectivity index (χ3n) is 3.09. The van der Waals surface area contributed by atoms with Gasteiger partial charge in [0.15, 0.2) is 0 Å². The van der Waals surface area contributed by atoms with Gasteiger partial charge in [0.1, 0.15) is 0 Å². The molecule has 0 heterocycles. The van der Waals surface area contributed by atoms with E-state index in [4.69, 9.17) is 11.6 Å². The van der Waals surface area contributed by atoms with Gasteiger partial charge in [0.05, 0.1) is 10.7 Å². The predicted molar refractivity (Wildman–Crippen MR) is 86.1 cm³/mol. The summed E-state index contributed by atoms with van der Waals surface area (Å²) in [5.74, 6) is 0. The second-order valence-corrected chi connectivity index (χ2v) is 5.54. The van der Waals surface area contributed by atoms with E-state index in [1.807, 2.05) is 12.1 Å². The number of anilines is 1. The SMILES string of the molecule is CCCCN(CCCC)c1c(Cl)cccc1CBr. The molecule has 0 bridgehead atoms. The molecule has 1 nitrogen and oxygen atoms in total. The van der Waals surface area contributed by atoms with Crippen LogP contribution in [0, 0.1) is 0 Å². The predicted octanol–water partition coefficient (Wildman–Crippen LogP) is 5.64. The van der Waals surface area contributed by atoms with Crippen LogP contribution in [0.2, 0.25) is 5.02 Å². The molecule has 3 heteroatoms. The van der Waals surface area contributed by atoms with Crippen LogP contribution in [0.4, 0.5) is 5.69 Å². The Balaban J connectivity index is 2.94. The minimum absolute atomic E-state index is 0.859. The van der Waals surface area contributed by atoms with Crippen molar-refractivity contribution in [2.75, 3.05) is 18.0 Å². The third-order valence-corrected chi connectivity index (χ3v) is 4.00. The smallest absolute Gasteiger partial charge is 0.0642 e. The monoisotopic (exact) mass is 331 g/mol. The summed E-state index contributed by atoms with van der Waals surface area (Å²) in [6.07, 6.45) is 4.88. The van der Waals surface area contributed by atoms with Crippen LogP contribution in [0.1, 0.15) is 45.1 Å². The number of benzene rings is 1. The van der Waals surface area contributed by atoms with E-state index < -0.39 is 0 Å². The van der Waals surface area contributed by atoms with E-state index in [1.54, 1.807) is 0 Å². The van der Waals surface area contributed by atoms with E-state index in [1.165, 1.54) is 36.9 Å². The Labute approximate surface area is 125 Å². The van der Waals surface area contributed by atoms with Crippen LogP contribution in [0.15, 0.2) is 18.2 Å². The van der Waals surface area contributed by atoms with Crippen LogP contribution >= 0.6 is 27.5 Å². The highest BCUT2D eigenvalue weighted by atomic mass is 79.9. The molecule has 0 aliphatic heterocycles. The van der Waals surface area contributed by atoms with Crippen LogP contribution in [0.3, 0.4) is 0 Å². The molecule has 0 aromatic heterocycles. The standard InChI is InChI=1S/C15H23BrClN/c1-3-5-10-18(11-6-4-2)15-13(12-16)8-7-9-14(15)17/h7-9H,3-6,10-12H2,1-2H3. The molecule has 1 aromatic rings. The minimum Gasteiger partial charge on any atom is -0.370 e. The summed E-state index contributed by atoms with van der Waals surface area (Å²) in [5.41, 5.74) is 2.51. The van der Waals surface area contributed by atoms with Gasteiger partial charge in [-0.25, -0.2) is 0 Å². The van der Waals surface area contributed by atoms with Crippen LogP contribution in [0.25, 0.3) is 0 Å². The van der Waals surface area contributed by atoms with E-state index in [-0.39, 0.29) is 0 Å². The van der Waals surface area contributed by atoms with Gasteiger partial charge < -0.3 is 4.90 Å². The number of halogens is 2. The average Bonchev–Trinajstić information content (AvgIpc) is 2.39. The van der Waals surface area contributed by atoms with E-state index in [9.17, 15) is 0 Å². The fraction of sp³-hybridized carbons (Fsp3) is 0.600. The van der Waals surface area contributed by atoms with Gasteiger partial charge in [-0.05, 0) is 24.5 Å². The van der Waals surface area contributed by atoms with E-state index in [0.29, 0.717) is 0 Å². The average molecular weight is 333 g/mol. The van der Waals surface area contributed by atoms with Crippen LogP contribution in [0.5, 0.6) is 0 Å².